The lowest BCUT2D eigenvalue weighted by Gasteiger charge is -2.19. The summed E-state index contributed by atoms with van der Waals surface area (Å²) in [5.74, 6) is 0.433. The number of aliphatic hydroxyl groups excluding tert-OH is 1. The van der Waals surface area contributed by atoms with Gasteiger partial charge in [-0.1, -0.05) is 13.8 Å². The topological polar surface area (TPSA) is 60.9 Å². The first-order valence-electron chi connectivity index (χ1n) is 5.41. The Bertz CT molecular complexity index is 287. The summed E-state index contributed by atoms with van der Waals surface area (Å²) in [6.45, 7) is 9.14. The molecule has 0 bridgehead atoms. The number of aromatic amines is 1. The number of nitrogens with zero attached hydrogens (tertiary/aromatic N) is 1. The zero-order valence-corrected chi connectivity index (χ0v) is 9.96. The molecule has 4 nitrogen and oxygen atoms in total. The van der Waals surface area contributed by atoms with Crippen LogP contribution in [0.4, 0.5) is 0 Å². The van der Waals surface area contributed by atoms with Crippen LogP contribution in [0.15, 0.2) is 0 Å². The summed E-state index contributed by atoms with van der Waals surface area (Å²) in [7, 11) is 0. The highest BCUT2D eigenvalue weighted by Gasteiger charge is 2.13. The summed E-state index contributed by atoms with van der Waals surface area (Å²) in [6.07, 6.45) is 0. The highest BCUT2D eigenvalue weighted by atomic mass is 16.3. The van der Waals surface area contributed by atoms with E-state index in [9.17, 15) is 5.11 Å². The average molecular weight is 211 g/mol. The predicted molar refractivity (Wildman–Crippen MR) is 60.6 cm³/mol. The molecule has 0 amide bonds. The van der Waals surface area contributed by atoms with Crippen LogP contribution in [-0.2, 0) is 6.54 Å². The van der Waals surface area contributed by atoms with Crippen LogP contribution in [0.2, 0.25) is 0 Å². The van der Waals surface area contributed by atoms with Gasteiger partial charge in [0, 0.05) is 23.8 Å². The van der Waals surface area contributed by atoms with Crippen LogP contribution < -0.4 is 5.32 Å². The van der Waals surface area contributed by atoms with Gasteiger partial charge in [0.25, 0.3) is 0 Å². The molecule has 1 aromatic rings. The van der Waals surface area contributed by atoms with E-state index in [1.54, 1.807) is 0 Å². The molecule has 1 aromatic heterocycles. The van der Waals surface area contributed by atoms with Crippen LogP contribution in [0.3, 0.4) is 0 Å². The minimum atomic E-state index is 0.152. The van der Waals surface area contributed by atoms with E-state index in [0.717, 1.165) is 17.9 Å². The minimum Gasteiger partial charge on any atom is -0.395 e. The van der Waals surface area contributed by atoms with Crippen molar-refractivity contribution >= 4 is 0 Å². The molecule has 86 valence electrons. The van der Waals surface area contributed by atoms with E-state index in [1.807, 2.05) is 13.8 Å². The minimum absolute atomic E-state index is 0.152. The Morgan fingerprint density at radius 2 is 2.07 bits per heavy atom. The summed E-state index contributed by atoms with van der Waals surface area (Å²) < 4.78 is 0. The number of hydrogen-bond donors (Lipinski definition) is 3. The van der Waals surface area contributed by atoms with Crippen LogP contribution in [-0.4, -0.2) is 28.0 Å². The molecule has 0 saturated heterocycles. The van der Waals surface area contributed by atoms with Gasteiger partial charge in [0.05, 0.1) is 12.3 Å². The van der Waals surface area contributed by atoms with Crippen molar-refractivity contribution in [2.45, 2.75) is 40.3 Å². The molecule has 0 aliphatic carbocycles. The van der Waals surface area contributed by atoms with Crippen molar-refractivity contribution in [3.63, 3.8) is 0 Å². The highest BCUT2D eigenvalue weighted by molar-refractivity contribution is 5.22. The number of aryl methyl sites for hydroxylation is 2. The van der Waals surface area contributed by atoms with Gasteiger partial charge in [0.1, 0.15) is 0 Å². The van der Waals surface area contributed by atoms with Crippen LogP contribution >= 0.6 is 0 Å². The van der Waals surface area contributed by atoms with E-state index in [1.165, 1.54) is 5.56 Å². The maximum Gasteiger partial charge on any atom is 0.0638 e. The van der Waals surface area contributed by atoms with Crippen LogP contribution in [0.25, 0.3) is 0 Å². The number of aliphatic hydroxyl groups is 1. The molecule has 1 atom stereocenters. The number of aromatic nitrogens is 2. The molecule has 0 radical (unpaired) electrons. The van der Waals surface area contributed by atoms with Crippen LogP contribution in [0.5, 0.6) is 0 Å². The summed E-state index contributed by atoms with van der Waals surface area (Å²) >= 11 is 0. The molecule has 0 aliphatic rings. The lowest BCUT2D eigenvalue weighted by atomic mass is 10.0. The molecule has 0 fully saturated rings. The van der Waals surface area contributed by atoms with Gasteiger partial charge in [0.2, 0.25) is 0 Å². The molecule has 1 rings (SSSR count). The lowest BCUT2D eigenvalue weighted by Crippen LogP contribution is -2.36. The Balaban J connectivity index is 2.56. The van der Waals surface area contributed by atoms with Gasteiger partial charge < -0.3 is 10.4 Å². The molecule has 0 spiro atoms. The highest BCUT2D eigenvalue weighted by Crippen LogP contribution is 2.10. The normalized spacial score (nSPS) is 13.5. The zero-order chi connectivity index (χ0) is 11.4. The SMILES string of the molecule is Cc1n[nH]c(C)c1CN[C@H](CO)C(C)C. The summed E-state index contributed by atoms with van der Waals surface area (Å²) in [5.41, 5.74) is 3.33. The second-order valence-electron chi connectivity index (χ2n) is 4.33. The van der Waals surface area contributed by atoms with Crippen molar-refractivity contribution in [2.24, 2.45) is 5.92 Å². The van der Waals surface area contributed by atoms with E-state index in [-0.39, 0.29) is 12.6 Å². The largest absolute Gasteiger partial charge is 0.395 e. The Kier molecular flexibility index (Phi) is 4.29. The van der Waals surface area contributed by atoms with Crippen LogP contribution in [0.1, 0.15) is 30.8 Å². The van der Waals surface area contributed by atoms with Gasteiger partial charge in [-0.05, 0) is 19.8 Å². The summed E-state index contributed by atoms with van der Waals surface area (Å²) in [4.78, 5) is 0. The molecule has 4 heteroatoms. The summed E-state index contributed by atoms with van der Waals surface area (Å²) in [6, 6.07) is 0.152. The molecule has 1 heterocycles. The second-order valence-corrected chi connectivity index (χ2v) is 4.33. The fourth-order valence-electron chi connectivity index (χ4n) is 1.58. The fraction of sp³-hybridized carbons (Fsp3) is 0.727. The van der Waals surface area contributed by atoms with Crippen molar-refractivity contribution in [3.8, 4) is 0 Å². The maximum absolute atomic E-state index is 9.18. The molecule has 0 aliphatic heterocycles. The maximum atomic E-state index is 9.18. The van der Waals surface area contributed by atoms with E-state index >= 15 is 0 Å². The fourth-order valence-corrected chi connectivity index (χ4v) is 1.58. The van der Waals surface area contributed by atoms with Crippen molar-refractivity contribution < 1.29 is 5.11 Å². The Morgan fingerprint density at radius 1 is 1.40 bits per heavy atom. The lowest BCUT2D eigenvalue weighted by molar-refractivity contribution is 0.210. The third kappa shape index (κ3) is 3.04. The molecular formula is C11H21N3O. The van der Waals surface area contributed by atoms with Gasteiger partial charge in [0.15, 0.2) is 0 Å². The third-order valence-corrected chi connectivity index (χ3v) is 2.82. The Hall–Kier alpha value is -0.870. The molecule has 0 aromatic carbocycles. The summed E-state index contributed by atoms with van der Waals surface area (Å²) in [5, 5.41) is 19.6. The zero-order valence-electron chi connectivity index (χ0n) is 9.96. The number of nitrogens with one attached hydrogen (secondary N) is 2. The van der Waals surface area contributed by atoms with Crippen molar-refractivity contribution in [3.05, 3.63) is 17.0 Å². The number of rotatable bonds is 5. The first-order valence-corrected chi connectivity index (χ1v) is 5.41. The second kappa shape index (κ2) is 5.28. The number of H-pyrrole nitrogens is 1. The molecule has 0 saturated carbocycles. The van der Waals surface area contributed by atoms with Gasteiger partial charge in [-0.3, -0.25) is 5.10 Å². The molecular weight excluding hydrogens is 190 g/mol. The third-order valence-electron chi connectivity index (χ3n) is 2.82. The van der Waals surface area contributed by atoms with E-state index in [2.05, 4.69) is 29.4 Å². The average Bonchev–Trinajstić information content (AvgIpc) is 2.49. The smallest absolute Gasteiger partial charge is 0.0638 e. The standard InChI is InChI=1S/C11H21N3O/c1-7(2)11(6-15)12-5-10-8(3)13-14-9(10)4/h7,11-12,15H,5-6H2,1-4H3,(H,13,14)/t11-/m1/s1. The van der Waals surface area contributed by atoms with Crippen molar-refractivity contribution in [2.75, 3.05) is 6.61 Å². The van der Waals surface area contributed by atoms with Gasteiger partial charge in [-0.15, -0.1) is 0 Å². The first kappa shape index (κ1) is 12.2. The van der Waals surface area contributed by atoms with Crippen LogP contribution in [0, 0.1) is 19.8 Å². The van der Waals surface area contributed by atoms with E-state index in [4.69, 9.17) is 0 Å². The molecule has 15 heavy (non-hydrogen) atoms. The van der Waals surface area contributed by atoms with E-state index < -0.39 is 0 Å². The monoisotopic (exact) mass is 211 g/mol. The number of hydrogen-bond acceptors (Lipinski definition) is 3. The van der Waals surface area contributed by atoms with Crippen molar-refractivity contribution in [1.29, 1.82) is 0 Å². The van der Waals surface area contributed by atoms with Gasteiger partial charge in [-0.2, -0.15) is 5.10 Å². The predicted octanol–water partition coefficient (Wildman–Crippen LogP) is 1.13. The van der Waals surface area contributed by atoms with Gasteiger partial charge >= 0.3 is 0 Å². The first-order chi connectivity index (χ1) is 7.06. The Morgan fingerprint density at radius 3 is 2.47 bits per heavy atom. The van der Waals surface area contributed by atoms with Gasteiger partial charge in [-0.25, -0.2) is 0 Å². The van der Waals surface area contributed by atoms with Crippen molar-refractivity contribution in [1.82, 2.24) is 15.5 Å². The molecule has 0 unspecified atom stereocenters. The Labute approximate surface area is 91.1 Å². The quantitative estimate of drug-likeness (QED) is 0.684. The molecule has 3 N–H and O–H groups in total. The van der Waals surface area contributed by atoms with E-state index in [0.29, 0.717) is 5.92 Å².